The summed E-state index contributed by atoms with van der Waals surface area (Å²) in [6, 6.07) is 14.8. The summed E-state index contributed by atoms with van der Waals surface area (Å²) in [5.74, 6) is 0.874. The van der Waals surface area contributed by atoms with E-state index < -0.39 is 0 Å². The maximum atomic E-state index is 12.3. The van der Waals surface area contributed by atoms with Crippen LogP contribution < -0.4 is 14.8 Å². The second-order valence-electron chi connectivity index (χ2n) is 6.23. The lowest BCUT2D eigenvalue weighted by Crippen LogP contribution is -2.20. The second-order valence-corrected chi connectivity index (χ2v) is 7.44. The molecule has 4 rings (SSSR count). The normalized spacial score (nSPS) is 10.8. The topological polar surface area (TPSA) is 64.9 Å². The third-order valence-electron chi connectivity index (χ3n) is 4.14. The van der Waals surface area contributed by atoms with E-state index in [1.165, 1.54) is 4.88 Å². The van der Waals surface area contributed by atoms with Crippen LogP contribution in [0.1, 0.15) is 4.88 Å². The van der Waals surface area contributed by atoms with Crippen LogP contribution in [0.2, 0.25) is 0 Å². The molecule has 0 radical (unpaired) electrons. The van der Waals surface area contributed by atoms with Crippen molar-refractivity contribution in [3.05, 3.63) is 65.8 Å². The Hall–Kier alpha value is -3.32. The van der Waals surface area contributed by atoms with E-state index in [1.807, 2.05) is 47.0 Å². The highest BCUT2D eigenvalue weighted by Crippen LogP contribution is 2.27. The number of nitrogens with one attached hydrogen (secondary N) is 1. The summed E-state index contributed by atoms with van der Waals surface area (Å²) in [6.07, 6.45) is 4.04. The number of carbonyl (C=O) groups excluding carboxylic acids is 1. The summed E-state index contributed by atoms with van der Waals surface area (Å²) in [4.78, 5) is 19.1. The van der Waals surface area contributed by atoms with E-state index in [0.29, 0.717) is 17.2 Å². The Bertz CT molecular complexity index is 1100. The lowest BCUT2D eigenvalue weighted by atomic mass is 10.1. The highest BCUT2D eigenvalue weighted by Gasteiger charge is 2.10. The number of para-hydroxylation sites is 2. The number of thiazole rings is 1. The van der Waals surface area contributed by atoms with Crippen molar-refractivity contribution in [3.63, 3.8) is 0 Å². The molecule has 0 atom stereocenters. The molecule has 0 bridgehead atoms. The third kappa shape index (κ3) is 3.84. The highest BCUT2D eigenvalue weighted by molar-refractivity contribution is 7.17. The molecule has 6 nitrogen and oxygen atoms in total. The van der Waals surface area contributed by atoms with Crippen molar-refractivity contribution < 1.29 is 14.3 Å². The fourth-order valence-electron chi connectivity index (χ4n) is 2.88. The quantitative estimate of drug-likeness (QED) is 0.527. The van der Waals surface area contributed by atoms with E-state index in [9.17, 15) is 4.79 Å². The van der Waals surface area contributed by atoms with Gasteiger partial charge in [-0.2, -0.15) is 0 Å². The van der Waals surface area contributed by atoms with Gasteiger partial charge in [0.1, 0.15) is 0 Å². The number of ether oxygens (including phenoxy) is 2. The van der Waals surface area contributed by atoms with Crippen LogP contribution in [0.4, 0.5) is 5.69 Å². The zero-order valence-electron chi connectivity index (χ0n) is 15.5. The van der Waals surface area contributed by atoms with Gasteiger partial charge in [-0.3, -0.25) is 9.20 Å². The number of amides is 1. The molecule has 2 heterocycles. The summed E-state index contributed by atoms with van der Waals surface area (Å²) < 4.78 is 12.8. The molecule has 142 valence electrons. The molecule has 0 saturated carbocycles. The smallest absolute Gasteiger partial charge is 0.262 e. The Kier molecular flexibility index (Phi) is 4.99. The van der Waals surface area contributed by atoms with Crippen LogP contribution in [0.25, 0.3) is 16.2 Å². The van der Waals surface area contributed by atoms with Gasteiger partial charge in [-0.15, -0.1) is 11.3 Å². The van der Waals surface area contributed by atoms with E-state index in [1.54, 1.807) is 30.6 Å². The molecule has 0 unspecified atom stereocenters. The fourth-order valence-corrected chi connectivity index (χ4v) is 3.69. The van der Waals surface area contributed by atoms with Gasteiger partial charge >= 0.3 is 0 Å². The fraction of sp³-hybridized carbons (Fsp3) is 0.143. The number of carbonyl (C=O) groups is 1. The van der Waals surface area contributed by atoms with E-state index in [-0.39, 0.29) is 12.5 Å². The number of hydrogen-bond donors (Lipinski definition) is 1. The van der Waals surface area contributed by atoms with Crippen LogP contribution in [-0.4, -0.2) is 29.0 Å². The minimum atomic E-state index is -0.246. The van der Waals surface area contributed by atoms with Crippen LogP contribution in [0, 0.1) is 6.92 Å². The third-order valence-corrected chi connectivity index (χ3v) is 5.05. The zero-order valence-corrected chi connectivity index (χ0v) is 16.3. The standard InChI is InChI=1S/C21H19N3O3S/c1-14-11-24-12-17(23-21(24)28-14)15-6-5-7-16(10-15)22-20(25)13-27-19-9-4-3-8-18(19)26-2/h3-12H,13H2,1-2H3,(H,22,25). The van der Waals surface area contributed by atoms with Gasteiger partial charge in [0.25, 0.3) is 5.91 Å². The summed E-state index contributed by atoms with van der Waals surface area (Å²) in [7, 11) is 1.56. The highest BCUT2D eigenvalue weighted by atomic mass is 32.1. The molecular formula is C21H19N3O3S. The van der Waals surface area contributed by atoms with Gasteiger partial charge in [0.15, 0.2) is 23.1 Å². The van der Waals surface area contributed by atoms with Gasteiger partial charge in [-0.1, -0.05) is 24.3 Å². The van der Waals surface area contributed by atoms with E-state index >= 15 is 0 Å². The maximum absolute atomic E-state index is 12.3. The van der Waals surface area contributed by atoms with Crippen LogP contribution in [-0.2, 0) is 4.79 Å². The lowest BCUT2D eigenvalue weighted by molar-refractivity contribution is -0.118. The molecule has 2 aromatic carbocycles. The number of rotatable bonds is 6. The average molecular weight is 393 g/mol. The molecule has 0 fully saturated rings. The molecule has 7 heteroatoms. The SMILES string of the molecule is COc1ccccc1OCC(=O)Nc1cccc(-c2cn3cc(C)sc3n2)c1. The Morgan fingerprint density at radius 3 is 2.75 bits per heavy atom. The summed E-state index contributed by atoms with van der Waals surface area (Å²) >= 11 is 1.65. The summed E-state index contributed by atoms with van der Waals surface area (Å²) in [6.45, 7) is 1.95. The molecule has 1 amide bonds. The van der Waals surface area contributed by atoms with Gasteiger partial charge in [-0.05, 0) is 31.2 Å². The lowest BCUT2D eigenvalue weighted by Gasteiger charge is -2.11. The molecule has 0 spiro atoms. The van der Waals surface area contributed by atoms with Crippen molar-refractivity contribution in [2.45, 2.75) is 6.92 Å². The number of aromatic nitrogens is 2. The van der Waals surface area contributed by atoms with Crippen molar-refractivity contribution in [3.8, 4) is 22.8 Å². The number of aryl methyl sites for hydroxylation is 1. The molecule has 0 aliphatic rings. The van der Waals surface area contributed by atoms with E-state index in [4.69, 9.17) is 9.47 Å². The Morgan fingerprint density at radius 1 is 1.14 bits per heavy atom. The monoisotopic (exact) mass is 393 g/mol. The predicted octanol–water partition coefficient (Wildman–Crippen LogP) is 4.40. The van der Waals surface area contributed by atoms with Crippen molar-refractivity contribution in [2.24, 2.45) is 0 Å². The van der Waals surface area contributed by atoms with Crippen molar-refractivity contribution in [1.82, 2.24) is 9.38 Å². The summed E-state index contributed by atoms with van der Waals surface area (Å²) in [5.41, 5.74) is 2.50. The molecule has 4 aromatic rings. The van der Waals surface area contributed by atoms with Gasteiger partial charge in [-0.25, -0.2) is 4.98 Å². The van der Waals surface area contributed by atoms with Crippen molar-refractivity contribution >= 4 is 27.9 Å². The molecule has 1 N–H and O–H groups in total. The first-order valence-corrected chi connectivity index (χ1v) is 9.55. The van der Waals surface area contributed by atoms with Gasteiger partial charge in [0.05, 0.1) is 12.8 Å². The van der Waals surface area contributed by atoms with Crippen molar-refractivity contribution in [2.75, 3.05) is 19.0 Å². The van der Waals surface area contributed by atoms with Crippen LogP contribution in [0.15, 0.2) is 60.9 Å². The largest absolute Gasteiger partial charge is 0.493 e. The first-order valence-electron chi connectivity index (χ1n) is 8.73. The molecule has 2 aromatic heterocycles. The number of benzene rings is 2. The minimum Gasteiger partial charge on any atom is -0.493 e. The first-order chi connectivity index (χ1) is 13.6. The Morgan fingerprint density at radius 2 is 1.96 bits per heavy atom. The molecular weight excluding hydrogens is 374 g/mol. The first kappa shape index (κ1) is 18.1. The second kappa shape index (κ2) is 7.74. The van der Waals surface area contributed by atoms with E-state index in [2.05, 4.69) is 23.4 Å². The molecule has 0 aliphatic heterocycles. The number of anilines is 1. The molecule has 0 saturated heterocycles. The number of nitrogens with zero attached hydrogens (tertiary/aromatic N) is 2. The van der Waals surface area contributed by atoms with Gasteiger partial charge in [0.2, 0.25) is 0 Å². The number of hydrogen-bond acceptors (Lipinski definition) is 5. The summed E-state index contributed by atoms with van der Waals surface area (Å²) in [5, 5.41) is 2.86. The molecule has 0 aliphatic carbocycles. The number of imidazole rings is 1. The number of methoxy groups -OCH3 is 1. The zero-order chi connectivity index (χ0) is 19.5. The van der Waals surface area contributed by atoms with Crippen LogP contribution in [0.3, 0.4) is 0 Å². The van der Waals surface area contributed by atoms with Crippen LogP contribution >= 0.6 is 11.3 Å². The van der Waals surface area contributed by atoms with Gasteiger partial charge < -0.3 is 14.8 Å². The Labute approximate surface area is 166 Å². The average Bonchev–Trinajstić information content (AvgIpc) is 3.24. The van der Waals surface area contributed by atoms with E-state index in [0.717, 1.165) is 16.2 Å². The predicted molar refractivity (Wildman–Crippen MR) is 110 cm³/mol. The molecule has 28 heavy (non-hydrogen) atoms. The van der Waals surface area contributed by atoms with Gasteiger partial charge in [0, 0.05) is 28.5 Å². The maximum Gasteiger partial charge on any atom is 0.262 e. The number of fused-ring (bicyclic) bond motifs is 1. The Balaban J connectivity index is 1.44. The minimum absolute atomic E-state index is 0.107. The van der Waals surface area contributed by atoms with Crippen LogP contribution in [0.5, 0.6) is 11.5 Å². The van der Waals surface area contributed by atoms with Crippen molar-refractivity contribution in [1.29, 1.82) is 0 Å².